The summed E-state index contributed by atoms with van der Waals surface area (Å²) in [5, 5.41) is 3.48. The predicted molar refractivity (Wildman–Crippen MR) is 120 cm³/mol. The molecule has 2 unspecified atom stereocenters. The van der Waals surface area contributed by atoms with E-state index in [4.69, 9.17) is 5.73 Å². The molecule has 162 valence electrons. The summed E-state index contributed by atoms with van der Waals surface area (Å²) in [5.74, 6) is 0.690. The van der Waals surface area contributed by atoms with Gasteiger partial charge in [-0.25, -0.2) is 0 Å². The van der Waals surface area contributed by atoms with Gasteiger partial charge in [0.1, 0.15) is 0 Å². The van der Waals surface area contributed by atoms with Crippen LogP contribution in [0.3, 0.4) is 0 Å². The Labute approximate surface area is 178 Å². The molecule has 3 nitrogen and oxygen atoms in total. The molecule has 3 heteroatoms. The first-order valence-corrected chi connectivity index (χ1v) is 12.1. The Morgan fingerprint density at radius 3 is 2.48 bits per heavy atom. The Morgan fingerprint density at radius 2 is 1.79 bits per heavy atom. The van der Waals surface area contributed by atoms with Gasteiger partial charge < -0.3 is 11.1 Å². The van der Waals surface area contributed by atoms with Gasteiger partial charge in [-0.3, -0.25) is 4.79 Å². The van der Waals surface area contributed by atoms with Crippen LogP contribution in [-0.4, -0.2) is 17.5 Å². The van der Waals surface area contributed by atoms with Crippen LogP contribution in [0.25, 0.3) is 0 Å². The van der Waals surface area contributed by atoms with Crippen LogP contribution >= 0.6 is 0 Å². The second-order valence-electron chi connectivity index (χ2n) is 11.3. The molecule has 0 radical (unpaired) electrons. The van der Waals surface area contributed by atoms with E-state index in [1.54, 1.807) is 0 Å². The van der Waals surface area contributed by atoms with Gasteiger partial charge in [0.2, 0.25) is 5.91 Å². The smallest absolute Gasteiger partial charge is 0.226 e. The van der Waals surface area contributed by atoms with Gasteiger partial charge in [0.15, 0.2) is 0 Å². The van der Waals surface area contributed by atoms with Crippen molar-refractivity contribution in [1.82, 2.24) is 5.32 Å². The van der Waals surface area contributed by atoms with Crippen molar-refractivity contribution >= 4 is 5.91 Å². The molecule has 29 heavy (non-hydrogen) atoms. The van der Waals surface area contributed by atoms with Crippen molar-refractivity contribution in [3.05, 3.63) is 24.3 Å². The average Bonchev–Trinajstić information content (AvgIpc) is 2.70. The number of rotatable bonds is 3. The minimum atomic E-state index is -0.309. The summed E-state index contributed by atoms with van der Waals surface area (Å²) in [4.78, 5) is 13.6. The summed E-state index contributed by atoms with van der Waals surface area (Å²) in [6.45, 7) is 11.1. The third-order valence-electron chi connectivity index (χ3n) is 9.79. The van der Waals surface area contributed by atoms with Crippen molar-refractivity contribution in [3.63, 3.8) is 0 Å². The van der Waals surface area contributed by atoms with E-state index in [1.165, 1.54) is 24.8 Å². The number of hydrogen-bond acceptors (Lipinski definition) is 2. The monoisotopic (exact) mass is 398 g/mol. The van der Waals surface area contributed by atoms with Gasteiger partial charge in [0.05, 0.1) is 5.41 Å². The van der Waals surface area contributed by atoms with Crippen LogP contribution in [0.4, 0.5) is 0 Å². The minimum absolute atomic E-state index is 0.0224. The maximum absolute atomic E-state index is 13.6. The predicted octanol–water partition coefficient (Wildman–Crippen LogP) is 5.65. The maximum atomic E-state index is 13.6. The zero-order chi connectivity index (χ0) is 20.9. The highest BCUT2D eigenvalue weighted by Crippen LogP contribution is 2.65. The SMILES string of the molecule is C=C[C@@]1(C)CCC=C2C1(N)CCC1[C@](C)(C(=O)NC3CCCCC3)CCC[C@@]21C. The number of carbonyl (C=O) groups excluding carboxylic acids is 1. The number of allylic oxidation sites excluding steroid dienone is 1. The molecule has 3 N–H and O–H groups in total. The molecular formula is C26H42N2O. The summed E-state index contributed by atoms with van der Waals surface area (Å²) in [5.41, 5.74) is 8.03. The lowest BCUT2D eigenvalue weighted by atomic mass is 9.42. The average molecular weight is 399 g/mol. The molecule has 4 rings (SSSR count). The topological polar surface area (TPSA) is 55.1 Å². The zero-order valence-electron chi connectivity index (χ0n) is 19.0. The van der Waals surface area contributed by atoms with Crippen LogP contribution in [0.2, 0.25) is 0 Å². The molecule has 1 amide bonds. The third-order valence-corrected chi connectivity index (χ3v) is 9.79. The number of fused-ring (bicyclic) bond motifs is 3. The lowest BCUT2D eigenvalue weighted by Crippen LogP contribution is -2.66. The molecule has 0 aromatic heterocycles. The number of nitrogens with one attached hydrogen (secondary N) is 1. The highest BCUT2D eigenvalue weighted by atomic mass is 16.2. The van der Waals surface area contributed by atoms with Crippen LogP contribution in [-0.2, 0) is 4.79 Å². The Balaban J connectivity index is 1.64. The van der Waals surface area contributed by atoms with E-state index in [9.17, 15) is 4.79 Å². The number of nitrogens with two attached hydrogens (primary N) is 1. The quantitative estimate of drug-likeness (QED) is 0.603. The molecule has 0 bridgehead atoms. The Bertz CT molecular complexity index is 707. The molecule has 4 aliphatic carbocycles. The van der Waals surface area contributed by atoms with E-state index in [0.717, 1.165) is 57.8 Å². The number of hydrogen-bond donors (Lipinski definition) is 2. The number of amides is 1. The fourth-order valence-corrected chi connectivity index (χ4v) is 7.75. The highest BCUT2D eigenvalue weighted by Gasteiger charge is 2.63. The summed E-state index contributed by atoms with van der Waals surface area (Å²) < 4.78 is 0. The second-order valence-corrected chi connectivity index (χ2v) is 11.3. The van der Waals surface area contributed by atoms with Crippen LogP contribution < -0.4 is 11.1 Å². The van der Waals surface area contributed by atoms with E-state index in [-0.39, 0.29) is 21.8 Å². The van der Waals surface area contributed by atoms with Crippen molar-refractivity contribution < 1.29 is 4.79 Å². The fraction of sp³-hybridized carbons (Fsp3) is 0.808. The molecule has 0 aliphatic heterocycles. The van der Waals surface area contributed by atoms with Crippen molar-refractivity contribution in [2.45, 2.75) is 109 Å². The molecule has 0 saturated heterocycles. The molecule has 4 aliphatic rings. The summed E-state index contributed by atoms with van der Waals surface area (Å²) >= 11 is 0. The molecule has 0 spiro atoms. The van der Waals surface area contributed by atoms with E-state index >= 15 is 0 Å². The first-order chi connectivity index (χ1) is 13.7. The van der Waals surface area contributed by atoms with Gasteiger partial charge in [0, 0.05) is 17.0 Å². The lowest BCUT2D eigenvalue weighted by Gasteiger charge is -2.64. The van der Waals surface area contributed by atoms with Gasteiger partial charge in [-0.05, 0) is 68.3 Å². The lowest BCUT2D eigenvalue weighted by molar-refractivity contribution is -0.144. The van der Waals surface area contributed by atoms with Crippen molar-refractivity contribution in [2.24, 2.45) is 27.9 Å². The largest absolute Gasteiger partial charge is 0.353 e. The molecule has 3 fully saturated rings. The minimum Gasteiger partial charge on any atom is -0.353 e. The molecule has 3 saturated carbocycles. The van der Waals surface area contributed by atoms with Crippen LogP contribution in [0.5, 0.6) is 0 Å². The Hall–Kier alpha value is -1.09. The standard InChI is InChI=1S/C26H42N2O/c1-5-23(2)15-9-13-21-24(3)16-10-17-25(4,20(24)14-18-26(21,23)27)22(29)28-19-11-7-6-8-12-19/h5,13,19-20H,1,6-12,14-18,27H2,2-4H3,(H,28,29)/t20?,23-,24+,25+,26?/m0/s1. The van der Waals surface area contributed by atoms with Crippen molar-refractivity contribution in [3.8, 4) is 0 Å². The molecular weight excluding hydrogens is 356 g/mol. The Morgan fingerprint density at radius 1 is 1.07 bits per heavy atom. The molecule has 0 heterocycles. The van der Waals surface area contributed by atoms with E-state index < -0.39 is 0 Å². The number of carbonyl (C=O) groups is 1. The van der Waals surface area contributed by atoms with Gasteiger partial charge in [-0.1, -0.05) is 58.6 Å². The first kappa shape index (κ1) is 21.2. The highest BCUT2D eigenvalue weighted by molar-refractivity contribution is 5.83. The van der Waals surface area contributed by atoms with Crippen LogP contribution in [0, 0.1) is 22.2 Å². The molecule has 0 aromatic carbocycles. The fourth-order valence-electron chi connectivity index (χ4n) is 7.75. The van der Waals surface area contributed by atoms with E-state index in [2.05, 4.69) is 44.8 Å². The van der Waals surface area contributed by atoms with Gasteiger partial charge >= 0.3 is 0 Å². The molecule has 5 atom stereocenters. The van der Waals surface area contributed by atoms with Crippen molar-refractivity contribution in [2.75, 3.05) is 0 Å². The third kappa shape index (κ3) is 3.06. The van der Waals surface area contributed by atoms with Gasteiger partial charge in [0.25, 0.3) is 0 Å². The van der Waals surface area contributed by atoms with Gasteiger partial charge in [-0.15, -0.1) is 6.58 Å². The van der Waals surface area contributed by atoms with Crippen LogP contribution in [0.15, 0.2) is 24.3 Å². The Kier molecular flexibility index (Phi) is 5.29. The normalized spacial score (nSPS) is 45.5. The first-order valence-electron chi connectivity index (χ1n) is 12.1. The van der Waals surface area contributed by atoms with E-state index in [1.807, 2.05) is 0 Å². The summed E-state index contributed by atoms with van der Waals surface area (Å²) in [6.07, 6.45) is 18.1. The maximum Gasteiger partial charge on any atom is 0.226 e. The summed E-state index contributed by atoms with van der Waals surface area (Å²) in [6, 6.07) is 0.386. The summed E-state index contributed by atoms with van der Waals surface area (Å²) in [7, 11) is 0. The van der Waals surface area contributed by atoms with E-state index in [0.29, 0.717) is 17.9 Å². The van der Waals surface area contributed by atoms with Crippen molar-refractivity contribution in [1.29, 1.82) is 0 Å². The zero-order valence-corrected chi connectivity index (χ0v) is 19.0. The van der Waals surface area contributed by atoms with Gasteiger partial charge in [-0.2, -0.15) is 0 Å². The second kappa shape index (κ2) is 7.25. The van der Waals surface area contributed by atoms with Crippen LogP contribution in [0.1, 0.15) is 97.8 Å². The molecule has 0 aromatic rings.